The van der Waals surface area contributed by atoms with Gasteiger partial charge in [-0.3, -0.25) is 9.79 Å². The molecule has 0 spiro atoms. The van der Waals surface area contributed by atoms with Gasteiger partial charge in [-0.1, -0.05) is 24.3 Å². The molecule has 0 aliphatic carbocycles. The van der Waals surface area contributed by atoms with Crippen LogP contribution >= 0.6 is 0 Å². The van der Waals surface area contributed by atoms with Crippen molar-refractivity contribution < 1.29 is 9.21 Å². The second-order valence-electron chi connectivity index (χ2n) is 5.47. The number of carbonyl (C=O) groups is 1. The van der Waals surface area contributed by atoms with Crippen LogP contribution < -0.4 is 11.1 Å². The van der Waals surface area contributed by atoms with Crippen molar-refractivity contribution in [3.63, 3.8) is 0 Å². The number of primary amides is 1. The molecule has 0 fully saturated rings. The number of benzene rings is 1. The Morgan fingerprint density at radius 3 is 2.78 bits per heavy atom. The van der Waals surface area contributed by atoms with E-state index in [0.29, 0.717) is 12.3 Å². The summed E-state index contributed by atoms with van der Waals surface area (Å²) in [4.78, 5) is 17.6. The lowest BCUT2D eigenvalue weighted by Crippen LogP contribution is -2.43. The molecule has 23 heavy (non-hydrogen) atoms. The Balaban J connectivity index is 1.63. The maximum absolute atomic E-state index is 11.0. The van der Waals surface area contributed by atoms with Gasteiger partial charge in [0.15, 0.2) is 11.7 Å². The van der Waals surface area contributed by atoms with Gasteiger partial charge in [0.05, 0.1) is 6.54 Å². The first-order chi connectivity index (χ1) is 11.2. The van der Waals surface area contributed by atoms with Crippen LogP contribution in [0.15, 0.2) is 45.8 Å². The summed E-state index contributed by atoms with van der Waals surface area (Å²) in [6, 6.07) is 11.8. The molecule has 6 nitrogen and oxygen atoms in total. The molecule has 2 heterocycles. The van der Waals surface area contributed by atoms with Gasteiger partial charge in [0, 0.05) is 20.1 Å². The van der Waals surface area contributed by atoms with Gasteiger partial charge < -0.3 is 20.4 Å². The van der Waals surface area contributed by atoms with Crippen LogP contribution in [-0.2, 0) is 19.5 Å². The van der Waals surface area contributed by atoms with Gasteiger partial charge in [0.2, 0.25) is 0 Å². The van der Waals surface area contributed by atoms with E-state index in [1.807, 2.05) is 0 Å². The fourth-order valence-electron chi connectivity index (χ4n) is 2.78. The quantitative estimate of drug-likeness (QED) is 0.665. The number of furan rings is 1. The molecule has 0 saturated heterocycles. The Hall–Kier alpha value is -2.76. The van der Waals surface area contributed by atoms with Crippen LogP contribution in [-0.4, -0.2) is 30.4 Å². The van der Waals surface area contributed by atoms with Gasteiger partial charge in [-0.15, -0.1) is 0 Å². The summed E-state index contributed by atoms with van der Waals surface area (Å²) in [5.41, 5.74) is 7.92. The molecule has 3 rings (SSSR count). The molecule has 1 amide bonds. The monoisotopic (exact) mass is 312 g/mol. The molecule has 0 saturated carbocycles. The number of hydrogen-bond acceptors (Lipinski definition) is 3. The maximum atomic E-state index is 11.0. The number of nitrogens with zero attached hydrogens (tertiary/aromatic N) is 2. The predicted molar refractivity (Wildman–Crippen MR) is 88.0 cm³/mol. The molecule has 1 aliphatic heterocycles. The minimum Gasteiger partial charge on any atom is -0.454 e. The predicted octanol–water partition coefficient (Wildman–Crippen LogP) is 1.51. The average molecular weight is 312 g/mol. The van der Waals surface area contributed by atoms with Gasteiger partial charge >= 0.3 is 0 Å². The molecular weight excluding hydrogens is 292 g/mol. The first-order valence-corrected chi connectivity index (χ1v) is 7.58. The van der Waals surface area contributed by atoms with Crippen LogP contribution in [0.1, 0.15) is 27.4 Å². The van der Waals surface area contributed by atoms with E-state index in [0.717, 1.165) is 25.5 Å². The topological polar surface area (TPSA) is 83.9 Å². The molecule has 1 aromatic heterocycles. The summed E-state index contributed by atoms with van der Waals surface area (Å²) in [5.74, 6) is 1.07. The van der Waals surface area contributed by atoms with Crippen molar-refractivity contribution in [1.82, 2.24) is 10.2 Å². The third kappa shape index (κ3) is 3.36. The average Bonchev–Trinajstić information content (AvgIpc) is 3.04. The third-order valence-electron chi connectivity index (χ3n) is 3.97. The van der Waals surface area contributed by atoms with E-state index < -0.39 is 5.91 Å². The van der Waals surface area contributed by atoms with Gasteiger partial charge in [0.25, 0.3) is 5.91 Å². The Morgan fingerprint density at radius 1 is 1.30 bits per heavy atom. The van der Waals surface area contributed by atoms with Crippen molar-refractivity contribution in [2.75, 3.05) is 13.6 Å². The van der Waals surface area contributed by atoms with Crippen LogP contribution in [0.3, 0.4) is 0 Å². The molecular formula is C17H20N4O2. The molecule has 1 aliphatic rings. The smallest absolute Gasteiger partial charge is 0.284 e. The van der Waals surface area contributed by atoms with Gasteiger partial charge in [-0.25, -0.2) is 0 Å². The van der Waals surface area contributed by atoms with E-state index in [9.17, 15) is 4.79 Å². The molecule has 120 valence electrons. The molecule has 6 heteroatoms. The van der Waals surface area contributed by atoms with Crippen LogP contribution in [0, 0.1) is 0 Å². The highest BCUT2D eigenvalue weighted by Gasteiger charge is 2.18. The number of aliphatic imine (C=N–C) groups is 1. The zero-order chi connectivity index (χ0) is 16.2. The van der Waals surface area contributed by atoms with Crippen LogP contribution in [0.5, 0.6) is 0 Å². The van der Waals surface area contributed by atoms with E-state index in [-0.39, 0.29) is 5.76 Å². The van der Waals surface area contributed by atoms with Crippen molar-refractivity contribution in [2.24, 2.45) is 10.7 Å². The summed E-state index contributed by atoms with van der Waals surface area (Å²) in [6.45, 7) is 2.21. The first-order valence-electron chi connectivity index (χ1n) is 7.58. The zero-order valence-corrected chi connectivity index (χ0v) is 13.1. The maximum Gasteiger partial charge on any atom is 0.284 e. The van der Waals surface area contributed by atoms with Crippen molar-refractivity contribution in [1.29, 1.82) is 0 Å². The van der Waals surface area contributed by atoms with Crippen molar-refractivity contribution in [3.05, 3.63) is 59.0 Å². The van der Waals surface area contributed by atoms with Crippen LogP contribution in [0.4, 0.5) is 0 Å². The highest BCUT2D eigenvalue weighted by atomic mass is 16.3. The number of hydrogen-bond donors (Lipinski definition) is 2. The Labute approximate surface area is 135 Å². The molecule has 0 radical (unpaired) electrons. The van der Waals surface area contributed by atoms with Gasteiger partial charge in [-0.2, -0.15) is 0 Å². The summed E-state index contributed by atoms with van der Waals surface area (Å²) >= 11 is 0. The first kappa shape index (κ1) is 15.1. The summed E-state index contributed by atoms with van der Waals surface area (Å²) in [6.07, 6.45) is 1.00. The van der Waals surface area contributed by atoms with Crippen molar-refractivity contribution in [3.8, 4) is 0 Å². The van der Waals surface area contributed by atoms with Gasteiger partial charge in [-0.05, 0) is 29.7 Å². The zero-order valence-electron chi connectivity index (χ0n) is 13.1. The van der Waals surface area contributed by atoms with Crippen molar-refractivity contribution >= 4 is 11.9 Å². The number of guanidine groups is 1. The summed E-state index contributed by atoms with van der Waals surface area (Å²) in [5, 5.41) is 3.27. The lowest BCUT2D eigenvalue weighted by atomic mass is 10.0. The van der Waals surface area contributed by atoms with E-state index in [2.05, 4.69) is 39.5 Å². The van der Waals surface area contributed by atoms with E-state index in [1.54, 1.807) is 19.2 Å². The highest BCUT2D eigenvalue weighted by molar-refractivity contribution is 5.89. The van der Waals surface area contributed by atoms with E-state index in [4.69, 9.17) is 10.2 Å². The van der Waals surface area contributed by atoms with Crippen LogP contribution in [0.2, 0.25) is 0 Å². The van der Waals surface area contributed by atoms with E-state index >= 15 is 0 Å². The number of amides is 1. The lowest BCUT2D eigenvalue weighted by molar-refractivity contribution is 0.0972. The Morgan fingerprint density at radius 2 is 2.09 bits per heavy atom. The number of nitrogens with one attached hydrogen (secondary N) is 1. The number of carbonyl (C=O) groups excluding carboxylic acids is 1. The molecule has 1 aromatic carbocycles. The Bertz CT molecular complexity index is 736. The number of fused-ring (bicyclic) bond motifs is 1. The van der Waals surface area contributed by atoms with Crippen LogP contribution in [0.25, 0.3) is 0 Å². The molecule has 0 bridgehead atoms. The second kappa shape index (κ2) is 6.56. The molecule has 2 aromatic rings. The lowest BCUT2D eigenvalue weighted by Gasteiger charge is -2.31. The summed E-state index contributed by atoms with van der Waals surface area (Å²) in [7, 11) is 1.76. The molecule has 3 N–H and O–H groups in total. The van der Waals surface area contributed by atoms with E-state index in [1.165, 1.54) is 11.1 Å². The minimum absolute atomic E-state index is 0.170. The third-order valence-corrected chi connectivity index (χ3v) is 3.97. The second-order valence-corrected chi connectivity index (χ2v) is 5.47. The number of nitrogens with two attached hydrogens (primary N) is 1. The molecule has 0 atom stereocenters. The fraction of sp³-hybridized carbons (Fsp3) is 0.294. The molecule has 0 unspecified atom stereocenters. The van der Waals surface area contributed by atoms with Crippen molar-refractivity contribution in [2.45, 2.75) is 19.5 Å². The summed E-state index contributed by atoms with van der Waals surface area (Å²) < 4.78 is 5.37. The fourth-order valence-corrected chi connectivity index (χ4v) is 2.78. The Kier molecular flexibility index (Phi) is 4.32. The van der Waals surface area contributed by atoms with Gasteiger partial charge in [0.1, 0.15) is 5.76 Å². The number of rotatable bonds is 3. The SMILES string of the molecule is CN=C(NCc1ccc(C(N)=O)o1)N1CCc2ccccc2C1. The highest BCUT2D eigenvalue weighted by Crippen LogP contribution is 2.18. The minimum atomic E-state index is -0.562. The largest absolute Gasteiger partial charge is 0.454 e. The normalized spacial score (nSPS) is 14.5. The standard InChI is InChI=1S/C17H20N4O2/c1-19-17(20-10-14-6-7-15(23-14)16(18)22)21-9-8-12-4-2-3-5-13(12)11-21/h2-7H,8-11H2,1H3,(H2,18,22)(H,19,20).